The number of amides is 1. The summed E-state index contributed by atoms with van der Waals surface area (Å²) in [6.07, 6.45) is 7.13. The Kier molecular flexibility index (Phi) is 6.92. The van der Waals surface area contributed by atoms with E-state index in [1.807, 2.05) is 31.3 Å². The van der Waals surface area contributed by atoms with E-state index in [-0.39, 0.29) is 17.4 Å². The molecule has 2 rings (SSSR count). The molecule has 0 fully saturated rings. The molecule has 2 heterocycles. The van der Waals surface area contributed by atoms with Crippen molar-refractivity contribution in [2.24, 2.45) is 0 Å². The number of carbonyl (C=O) groups excluding carboxylic acids is 1. The lowest BCUT2D eigenvalue weighted by atomic mass is 10.0. The van der Waals surface area contributed by atoms with Crippen LogP contribution >= 0.6 is 0 Å². The fourth-order valence-electron chi connectivity index (χ4n) is 2.85. The predicted molar refractivity (Wildman–Crippen MR) is 97.9 cm³/mol. The highest BCUT2D eigenvalue weighted by Gasteiger charge is 2.18. The molecule has 1 atom stereocenters. The summed E-state index contributed by atoms with van der Waals surface area (Å²) in [5.74, 6) is 0.456. The number of rotatable bonds is 8. The molecule has 0 saturated heterocycles. The summed E-state index contributed by atoms with van der Waals surface area (Å²) in [6.45, 7) is 6.40. The summed E-state index contributed by atoms with van der Waals surface area (Å²) in [5.41, 5.74) is 1.34. The zero-order chi connectivity index (χ0) is 18.2. The zero-order valence-corrected chi connectivity index (χ0v) is 15.2. The van der Waals surface area contributed by atoms with Crippen LogP contribution in [0.25, 0.3) is 0 Å². The van der Waals surface area contributed by atoms with Gasteiger partial charge in [0.1, 0.15) is 11.3 Å². The standard InChI is InChI=1S/C20H26N2O3/c1-4-7-14(2)17-12-15(3)18(20(24)25-17)19(23)22-11-6-9-16-8-5-10-21-13-16/h5,8,10,12-14H,4,6-7,9,11H2,1-3H3,(H,22,23). The van der Waals surface area contributed by atoms with Crippen LogP contribution in [0.3, 0.4) is 0 Å². The first kappa shape index (κ1) is 18.9. The van der Waals surface area contributed by atoms with Crippen molar-refractivity contribution in [1.29, 1.82) is 0 Å². The quantitative estimate of drug-likeness (QED) is 0.744. The molecule has 2 aromatic rings. The van der Waals surface area contributed by atoms with Crippen LogP contribution in [0.5, 0.6) is 0 Å². The highest BCUT2D eigenvalue weighted by molar-refractivity contribution is 5.95. The van der Waals surface area contributed by atoms with Gasteiger partial charge in [0.25, 0.3) is 5.91 Å². The van der Waals surface area contributed by atoms with Crippen molar-refractivity contribution in [3.63, 3.8) is 0 Å². The van der Waals surface area contributed by atoms with Crippen LogP contribution < -0.4 is 10.9 Å². The molecule has 0 spiro atoms. The number of nitrogens with one attached hydrogen (secondary N) is 1. The fourth-order valence-corrected chi connectivity index (χ4v) is 2.85. The number of hydrogen-bond donors (Lipinski definition) is 1. The SMILES string of the molecule is CCCC(C)c1cc(C)c(C(=O)NCCCc2cccnc2)c(=O)o1. The maximum atomic E-state index is 12.3. The number of carbonyl (C=O) groups is 1. The molecule has 0 bridgehead atoms. The Hall–Kier alpha value is -2.43. The lowest BCUT2D eigenvalue weighted by Crippen LogP contribution is -2.30. The van der Waals surface area contributed by atoms with E-state index in [4.69, 9.17) is 4.42 Å². The van der Waals surface area contributed by atoms with Gasteiger partial charge in [-0.1, -0.05) is 26.3 Å². The van der Waals surface area contributed by atoms with Crippen LogP contribution in [0.2, 0.25) is 0 Å². The van der Waals surface area contributed by atoms with Gasteiger partial charge in [-0.2, -0.15) is 0 Å². The molecule has 2 aromatic heterocycles. The normalized spacial score (nSPS) is 12.0. The Morgan fingerprint density at radius 3 is 2.84 bits per heavy atom. The highest BCUT2D eigenvalue weighted by Crippen LogP contribution is 2.21. The molecule has 1 amide bonds. The van der Waals surface area contributed by atoms with E-state index in [0.29, 0.717) is 17.9 Å². The van der Waals surface area contributed by atoms with E-state index in [1.54, 1.807) is 13.1 Å². The second kappa shape index (κ2) is 9.16. The van der Waals surface area contributed by atoms with Gasteiger partial charge in [0.15, 0.2) is 0 Å². The van der Waals surface area contributed by atoms with Crippen molar-refractivity contribution in [3.05, 3.63) is 63.5 Å². The summed E-state index contributed by atoms with van der Waals surface area (Å²) >= 11 is 0. The number of aryl methyl sites for hydroxylation is 2. The summed E-state index contributed by atoms with van der Waals surface area (Å²) < 4.78 is 5.38. The van der Waals surface area contributed by atoms with Crippen molar-refractivity contribution in [3.8, 4) is 0 Å². The van der Waals surface area contributed by atoms with Crippen molar-refractivity contribution in [2.75, 3.05) is 6.54 Å². The van der Waals surface area contributed by atoms with Crippen molar-refractivity contribution in [2.45, 2.75) is 52.4 Å². The molecule has 0 radical (unpaired) electrons. The third kappa shape index (κ3) is 5.28. The van der Waals surface area contributed by atoms with E-state index in [9.17, 15) is 9.59 Å². The van der Waals surface area contributed by atoms with Gasteiger partial charge >= 0.3 is 5.63 Å². The molecule has 0 aliphatic rings. The fraction of sp³-hybridized carbons (Fsp3) is 0.450. The maximum absolute atomic E-state index is 12.3. The molecule has 1 N–H and O–H groups in total. The molecule has 25 heavy (non-hydrogen) atoms. The second-order valence-electron chi connectivity index (χ2n) is 6.40. The molecule has 0 aliphatic carbocycles. The van der Waals surface area contributed by atoms with Crippen molar-refractivity contribution in [1.82, 2.24) is 10.3 Å². The first-order chi connectivity index (χ1) is 12.0. The van der Waals surface area contributed by atoms with E-state index < -0.39 is 5.63 Å². The van der Waals surface area contributed by atoms with Gasteiger partial charge in [-0.3, -0.25) is 9.78 Å². The van der Waals surface area contributed by atoms with Crippen LogP contribution in [0.15, 0.2) is 39.8 Å². The third-order valence-electron chi connectivity index (χ3n) is 4.25. The van der Waals surface area contributed by atoms with Gasteiger partial charge < -0.3 is 9.73 Å². The van der Waals surface area contributed by atoms with Crippen LogP contribution in [0, 0.1) is 6.92 Å². The van der Waals surface area contributed by atoms with Crippen LogP contribution in [0.4, 0.5) is 0 Å². The highest BCUT2D eigenvalue weighted by atomic mass is 16.4. The van der Waals surface area contributed by atoms with E-state index >= 15 is 0 Å². The minimum Gasteiger partial charge on any atom is -0.427 e. The van der Waals surface area contributed by atoms with E-state index in [2.05, 4.69) is 17.2 Å². The lowest BCUT2D eigenvalue weighted by molar-refractivity contribution is 0.0948. The monoisotopic (exact) mass is 342 g/mol. The van der Waals surface area contributed by atoms with Gasteiger partial charge in [-0.15, -0.1) is 0 Å². The first-order valence-corrected chi connectivity index (χ1v) is 8.84. The molecular weight excluding hydrogens is 316 g/mol. The Bertz CT molecular complexity index is 753. The zero-order valence-electron chi connectivity index (χ0n) is 15.2. The number of nitrogens with zero attached hydrogens (tertiary/aromatic N) is 1. The minimum atomic E-state index is -0.553. The summed E-state index contributed by atoms with van der Waals surface area (Å²) in [7, 11) is 0. The molecule has 134 valence electrons. The van der Waals surface area contributed by atoms with E-state index in [0.717, 1.165) is 31.2 Å². The Morgan fingerprint density at radius 2 is 2.20 bits per heavy atom. The first-order valence-electron chi connectivity index (χ1n) is 8.84. The molecule has 0 aliphatic heterocycles. The Morgan fingerprint density at radius 1 is 1.40 bits per heavy atom. The smallest absolute Gasteiger partial charge is 0.349 e. The van der Waals surface area contributed by atoms with Gasteiger partial charge in [0.05, 0.1) is 0 Å². The third-order valence-corrected chi connectivity index (χ3v) is 4.25. The van der Waals surface area contributed by atoms with Crippen LogP contribution in [-0.2, 0) is 6.42 Å². The molecule has 0 saturated carbocycles. The summed E-state index contributed by atoms with van der Waals surface area (Å²) in [6, 6.07) is 5.71. The number of hydrogen-bond acceptors (Lipinski definition) is 4. The molecular formula is C20H26N2O3. The number of aromatic nitrogens is 1. The van der Waals surface area contributed by atoms with Crippen molar-refractivity contribution >= 4 is 5.91 Å². The summed E-state index contributed by atoms with van der Waals surface area (Å²) in [4.78, 5) is 28.6. The Labute approximate surface area is 148 Å². The average molecular weight is 342 g/mol. The maximum Gasteiger partial charge on any atom is 0.349 e. The number of pyridine rings is 1. The van der Waals surface area contributed by atoms with Crippen molar-refractivity contribution < 1.29 is 9.21 Å². The van der Waals surface area contributed by atoms with E-state index in [1.165, 1.54) is 0 Å². The lowest BCUT2D eigenvalue weighted by Gasteiger charge is -2.12. The van der Waals surface area contributed by atoms with Gasteiger partial charge in [-0.25, -0.2) is 4.79 Å². The van der Waals surface area contributed by atoms with Crippen LogP contribution in [0.1, 0.15) is 66.3 Å². The average Bonchev–Trinajstić information content (AvgIpc) is 2.59. The largest absolute Gasteiger partial charge is 0.427 e. The predicted octanol–water partition coefficient (Wildman–Crippen LogP) is 3.61. The second-order valence-corrected chi connectivity index (χ2v) is 6.40. The molecule has 0 aromatic carbocycles. The van der Waals surface area contributed by atoms with Crippen LogP contribution in [-0.4, -0.2) is 17.4 Å². The summed E-state index contributed by atoms with van der Waals surface area (Å²) in [5, 5.41) is 2.81. The molecule has 1 unspecified atom stereocenters. The van der Waals surface area contributed by atoms with Gasteiger partial charge in [0.2, 0.25) is 0 Å². The van der Waals surface area contributed by atoms with Gasteiger partial charge in [0, 0.05) is 24.9 Å². The topological polar surface area (TPSA) is 72.2 Å². The minimum absolute atomic E-state index is 0.105. The Balaban J connectivity index is 1.96. The molecule has 5 heteroatoms. The van der Waals surface area contributed by atoms with Gasteiger partial charge in [-0.05, 0) is 49.4 Å². The molecule has 5 nitrogen and oxygen atoms in total.